The highest BCUT2D eigenvalue weighted by Gasteiger charge is 2.41. The van der Waals surface area contributed by atoms with Gasteiger partial charge in [-0.1, -0.05) is 44.5 Å². The molecule has 0 spiro atoms. The molecule has 0 saturated heterocycles. The molecular formula is C38H44ClFN2O6Si. The Labute approximate surface area is 293 Å². The van der Waals surface area contributed by atoms with Gasteiger partial charge in [0.2, 0.25) is 14.2 Å². The van der Waals surface area contributed by atoms with Crippen LogP contribution in [0.1, 0.15) is 91.9 Å². The second kappa shape index (κ2) is 14.3. The maximum atomic E-state index is 15.0. The minimum absolute atomic E-state index is 0.0754. The number of ether oxygens (including phenoxy) is 1. The van der Waals surface area contributed by atoms with Gasteiger partial charge in [0.1, 0.15) is 23.2 Å². The largest absolute Gasteiger partial charge is 0.543 e. The minimum atomic E-state index is -2.26. The molecule has 1 heterocycles. The summed E-state index contributed by atoms with van der Waals surface area (Å²) >= 11 is 5.99. The monoisotopic (exact) mass is 706 g/mol. The Kier molecular flexibility index (Phi) is 10.9. The Morgan fingerprint density at radius 1 is 0.980 bits per heavy atom. The van der Waals surface area contributed by atoms with Gasteiger partial charge in [0.25, 0.3) is 5.91 Å². The summed E-state index contributed by atoms with van der Waals surface area (Å²) in [5.74, 6) is -2.07. The topological polar surface area (TPSA) is 102 Å². The maximum Gasteiger partial charge on any atom is 0.338 e. The van der Waals surface area contributed by atoms with Gasteiger partial charge in [0.05, 0.1) is 10.6 Å². The second-order valence-corrected chi connectivity index (χ2v) is 19.8. The first-order chi connectivity index (χ1) is 22.7. The molecule has 8 nitrogen and oxygen atoms in total. The first-order valence-electron chi connectivity index (χ1n) is 16.1. The number of hydrogen-bond donors (Lipinski definition) is 1. The number of nitrogens with zero attached hydrogens (tertiary/aromatic N) is 1. The number of fused-ring (bicyclic) bond motifs is 1. The molecular weight excluding hydrogens is 663 g/mol. The van der Waals surface area contributed by atoms with E-state index in [-0.39, 0.29) is 27.7 Å². The number of esters is 1. The van der Waals surface area contributed by atoms with Crippen LogP contribution in [0.5, 0.6) is 5.75 Å². The standard InChI is InChI=1S/C38H44ClFN2O6Si/c1-23(43)26-17-19-30(39)33(40)28(26)18-20-32(44)42-22-21-27-29(11-10-12-31(27)48-49(8,9)38(5,6)7)34(42)35(45)41-25-15-13-24(14-16-25)36(46)47-37(2,3)4/h10-20,34H,21-22H2,1-9H3,(H,41,45)/b20-18+. The summed E-state index contributed by atoms with van der Waals surface area (Å²) in [5, 5.41) is 2.63. The number of rotatable bonds is 8. The number of nitrogens with one attached hydrogen (secondary N) is 1. The summed E-state index contributed by atoms with van der Waals surface area (Å²) in [5.41, 5.74) is 1.47. The van der Waals surface area contributed by atoms with Crippen molar-refractivity contribution < 1.29 is 32.7 Å². The summed E-state index contributed by atoms with van der Waals surface area (Å²) in [6, 6.07) is 13.4. The van der Waals surface area contributed by atoms with Crippen LogP contribution in [0.3, 0.4) is 0 Å². The average Bonchev–Trinajstić information content (AvgIpc) is 2.99. The number of ketones is 1. The molecule has 260 valence electrons. The van der Waals surface area contributed by atoms with Gasteiger partial charge in [0.15, 0.2) is 5.78 Å². The van der Waals surface area contributed by atoms with E-state index in [1.54, 1.807) is 51.1 Å². The molecule has 1 aliphatic rings. The molecule has 1 aliphatic heterocycles. The van der Waals surface area contributed by atoms with E-state index >= 15 is 4.39 Å². The predicted molar refractivity (Wildman–Crippen MR) is 193 cm³/mol. The number of carbonyl (C=O) groups is 4. The Bertz CT molecular complexity index is 1810. The van der Waals surface area contributed by atoms with E-state index in [0.717, 1.165) is 11.6 Å². The number of carbonyl (C=O) groups excluding carboxylic acids is 4. The fourth-order valence-electron chi connectivity index (χ4n) is 5.20. The zero-order chi connectivity index (χ0) is 36.5. The quantitative estimate of drug-likeness (QED) is 0.109. The van der Waals surface area contributed by atoms with E-state index in [9.17, 15) is 19.2 Å². The van der Waals surface area contributed by atoms with E-state index in [1.807, 2.05) is 12.1 Å². The third-order valence-corrected chi connectivity index (χ3v) is 13.4. The van der Waals surface area contributed by atoms with E-state index in [2.05, 4.69) is 39.2 Å². The van der Waals surface area contributed by atoms with Gasteiger partial charge >= 0.3 is 5.97 Å². The van der Waals surface area contributed by atoms with Crippen molar-refractivity contribution in [3.63, 3.8) is 0 Å². The van der Waals surface area contributed by atoms with Gasteiger partial charge in [-0.3, -0.25) is 14.4 Å². The van der Waals surface area contributed by atoms with Crippen LogP contribution in [-0.4, -0.2) is 48.9 Å². The molecule has 4 rings (SSSR count). The fourth-order valence-corrected chi connectivity index (χ4v) is 6.42. The van der Waals surface area contributed by atoms with Gasteiger partial charge < -0.3 is 19.4 Å². The summed E-state index contributed by atoms with van der Waals surface area (Å²) in [6.45, 7) is 17.5. The van der Waals surface area contributed by atoms with Crippen LogP contribution in [0.4, 0.5) is 10.1 Å². The van der Waals surface area contributed by atoms with Crippen molar-refractivity contribution in [3.8, 4) is 5.75 Å². The zero-order valence-electron chi connectivity index (χ0n) is 29.5. The third-order valence-electron chi connectivity index (χ3n) is 8.77. The SMILES string of the molecule is CC(=O)c1ccc(Cl)c(F)c1/C=C/C(=O)N1CCc2c(O[Si](C)(C)C(C)(C)C)cccc2C1C(=O)Nc1ccc(C(=O)OC(C)(C)C)cc1. The highest BCUT2D eigenvalue weighted by molar-refractivity contribution is 6.74. The van der Waals surface area contributed by atoms with Crippen molar-refractivity contribution in [3.05, 3.63) is 99.3 Å². The lowest BCUT2D eigenvalue weighted by molar-refractivity contribution is -0.135. The molecule has 1 unspecified atom stereocenters. The number of hydrogen-bond acceptors (Lipinski definition) is 6. The van der Waals surface area contributed by atoms with Crippen molar-refractivity contribution in [2.75, 3.05) is 11.9 Å². The summed E-state index contributed by atoms with van der Waals surface area (Å²) in [7, 11) is -2.26. The molecule has 0 aromatic heterocycles. The molecule has 1 atom stereocenters. The molecule has 3 aromatic rings. The van der Waals surface area contributed by atoms with Crippen LogP contribution in [0.15, 0.2) is 60.7 Å². The smallest absolute Gasteiger partial charge is 0.338 e. The number of halogens is 2. The molecule has 1 N–H and O–H groups in total. The molecule has 3 aromatic carbocycles. The Hall–Kier alpha value is -4.28. The van der Waals surface area contributed by atoms with Gasteiger partial charge in [-0.25, -0.2) is 9.18 Å². The molecule has 0 aliphatic carbocycles. The molecule has 0 radical (unpaired) electrons. The lowest BCUT2D eigenvalue weighted by Crippen LogP contribution is -2.46. The number of anilines is 1. The van der Waals surface area contributed by atoms with Crippen LogP contribution in [0, 0.1) is 5.82 Å². The average molecular weight is 707 g/mol. The molecule has 0 fully saturated rings. The van der Waals surface area contributed by atoms with Crippen LogP contribution in [0.2, 0.25) is 23.2 Å². The number of amides is 2. The first-order valence-corrected chi connectivity index (χ1v) is 19.4. The lowest BCUT2D eigenvalue weighted by Gasteiger charge is -2.40. The maximum absolute atomic E-state index is 15.0. The Morgan fingerprint density at radius 3 is 2.22 bits per heavy atom. The van der Waals surface area contributed by atoms with Crippen LogP contribution in [-0.2, 0) is 20.7 Å². The van der Waals surface area contributed by atoms with Gasteiger partial charge in [0, 0.05) is 35.0 Å². The van der Waals surface area contributed by atoms with Crippen molar-refractivity contribution in [1.29, 1.82) is 0 Å². The van der Waals surface area contributed by atoms with Crippen molar-refractivity contribution >= 4 is 55.2 Å². The third kappa shape index (κ3) is 8.66. The van der Waals surface area contributed by atoms with Gasteiger partial charge in [-0.2, -0.15) is 0 Å². The first kappa shape index (κ1) is 37.5. The van der Waals surface area contributed by atoms with Gasteiger partial charge in [-0.15, -0.1) is 0 Å². The molecule has 11 heteroatoms. The highest BCUT2D eigenvalue weighted by atomic mass is 35.5. The predicted octanol–water partition coefficient (Wildman–Crippen LogP) is 8.80. The van der Waals surface area contributed by atoms with Crippen molar-refractivity contribution in [2.24, 2.45) is 0 Å². The Morgan fingerprint density at radius 2 is 1.63 bits per heavy atom. The van der Waals surface area contributed by atoms with E-state index in [4.69, 9.17) is 20.8 Å². The minimum Gasteiger partial charge on any atom is -0.543 e. The summed E-state index contributed by atoms with van der Waals surface area (Å²) in [4.78, 5) is 54.2. The lowest BCUT2D eigenvalue weighted by atomic mass is 9.91. The molecule has 0 bridgehead atoms. The van der Waals surface area contributed by atoms with Crippen molar-refractivity contribution in [2.45, 2.75) is 84.7 Å². The zero-order valence-corrected chi connectivity index (χ0v) is 31.3. The fraction of sp³-hybridized carbons (Fsp3) is 0.368. The summed E-state index contributed by atoms with van der Waals surface area (Å²) in [6.07, 6.45) is 2.79. The Balaban J connectivity index is 1.72. The van der Waals surface area contributed by atoms with Crippen molar-refractivity contribution in [1.82, 2.24) is 4.90 Å². The van der Waals surface area contributed by atoms with Crippen LogP contribution >= 0.6 is 11.6 Å². The number of benzene rings is 3. The molecule has 0 saturated carbocycles. The van der Waals surface area contributed by atoms with E-state index in [1.165, 1.54) is 30.0 Å². The van der Waals surface area contributed by atoms with Gasteiger partial charge in [-0.05, 0) is 106 Å². The molecule has 49 heavy (non-hydrogen) atoms. The number of Topliss-reactive ketones (excluding diaryl/α,β-unsaturated/α-hetero) is 1. The highest BCUT2D eigenvalue weighted by Crippen LogP contribution is 2.42. The normalized spacial score (nSPS) is 15.1. The second-order valence-electron chi connectivity index (χ2n) is 14.7. The van der Waals surface area contributed by atoms with E-state index in [0.29, 0.717) is 29.0 Å². The van der Waals surface area contributed by atoms with E-state index < -0.39 is 49.3 Å². The molecule has 2 amide bonds. The van der Waals surface area contributed by atoms with Crippen LogP contribution in [0.25, 0.3) is 6.08 Å². The summed E-state index contributed by atoms with van der Waals surface area (Å²) < 4.78 is 27.2. The van der Waals surface area contributed by atoms with Crippen LogP contribution < -0.4 is 9.74 Å².